The van der Waals surface area contributed by atoms with Gasteiger partial charge in [0.15, 0.2) is 0 Å². The summed E-state index contributed by atoms with van der Waals surface area (Å²) in [6.07, 6.45) is 3.34. The predicted molar refractivity (Wildman–Crippen MR) is 99.0 cm³/mol. The molecule has 2 aromatic rings. The minimum absolute atomic E-state index is 0.0389. The number of carbonyl (C=O) groups is 1. The first-order valence-electron chi connectivity index (χ1n) is 8.56. The molecule has 0 unspecified atom stereocenters. The quantitative estimate of drug-likeness (QED) is 0.802. The number of nitrogens with one attached hydrogen (secondary N) is 1. The van der Waals surface area contributed by atoms with E-state index in [9.17, 15) is 9.59 Å². The van der Waals surface area contributed by atoms with Gasteiger partial charge in [0.25, 0.3) is 5.56 Å². The lowest BCUT2D eigenvalue weighted by molar-refractivity contribution is -0.121. The highest BCUT2D eigenvalue weighted by molar-refractivity contribution is 5.75. The highest BCUT2D eigenvalue weighted by Crippen LogP contribution is 2.36. The van der Waals surface area contributed by atoms with Gasteiger partial charge >= 0.3 is 0 Å². The normalized spacial score (nSPS) is 13.1. The minimum Gasteiger partial charge on any atom is -0.496 e. The largest absolute Gasteiger partial charge is 0.496 e. The molecule has 0 saturated carbocycles. The fourth-order valence-corrected chi connectivity index (χ4v) is 2.92. The van der Waals surface area contributed by atoms with Gasteiger partial charge in [-0.3, -0.25) is 9.59 Å². The Bertz CT molecular complexity index is 769. The van der Waals surface area contributed by atoms with Gasteiger partial charge in [-0.05, 0) is 30.4 Å². The van der Waals surface area contributed by atoms with Gasteiger partial charge < -0.3 is 14.6 Å². The Morgan fingerprint density at radius 3 is 2.60 bits per heavy atom. The number of nitrogens with zero attached hydrogens (tertiary/aromatic N) is 1. The van der Waals surface area contributed by atoms with E-state index in [1.807, 2.05) is 18.2 Å². The van der Waals surface area contributed by atoms with E-state index in [1.165, 1.54) is 10.6 Å². The molecule has 25 heavy (non-hydrogen) atoms. The Labute approximate surface area is 148 Å². The summed E-state index contributed by atoms with van der Waals surface area (Å²) in [5.74, 6) is 0.709. The summed E-state index contributed by atoms with van der Waals surface area (Å²) in [5, 5.41) is 2.92. The van der Waals surface area contributed by atoms with E-state index in [4.69, 9.17) is 4.74 Å². The molecule has 1 atom stereocenters. The Morgan fingerprint density at radius 1 is 1.20 bits per heavy atom. The van der Waals surface area contributed by atoms with Crippen molar-refractivity contribution >= 4 is 5.91 Å². The summed E-state index contributed by atoms with van der Waals surface area (Å²) in [6, 6.07) is 12.9. The van der Waals surface area contributed by atoms with Crippen LogP contribution in [0.15, 0.2) is 53.5 Å². The van der Waals surface area contributed by atoms with Crippen molar-refractivity contribution in [3.63, 3.8) is 0 Å². The van der Waals surface area contributed by atoms with Crippen LogP contribution in [-0.4, -0.2) is 24.1 Å². The SMILES string of the molecule is CC[C@](C)(CCNC(=O)Cn1ccccc1=O)c1ccccc1OC. The van der Waals surface area contributed by atoms with Crippen LogP contribution in [0.3, 0.4) is 0 Å². The summed E-state index contributed by atoms with van der Waals surface area (Å²) >= 11 is 0. The highest BCUT2D eigenvalue weighted by Gasteiger charge is 2.27. The number of pyridine rings is 1. The van der Waals surface area contributed by atoms with Crippen LogP contribution in [0.5, 0.6) is 5.75 Å². The lowest BCUT2D eigenvalue weighted by Gasteiger charge is -2.30. The molecule has 1 aromatic heterocycles. The first kappa shape index (κ1) is 18.8. The number of hydrogen-bond donors (Lipinski definition) is 1. The number of ether oxygens (including phenoxy) is 1. The third-order valence-electron chi connectivity index (χ3n) is 4.75. The van der Waals surface area contributed by atoms with Crippen LogP contribution in [0, 0.1) is 0 Å². The van der Waals surface area contributed by atoms with Gasteiger partial charge in [0.2, 0.25) is 5.91 Å². The second-order valence-corrected chi connectivity index (χ2v) is 6.38. The lowest BCUT2D eigenvalue weighted by Crippen LogP contribution is -2.35. The van der Waals surface area contributed by atoms with Crippen LogP contribution in [0.2, 0.25) is 0 Å². The molecule has 5 heteroatoms. The van der Waals surface area contributed by atoms with E-state index < -0.39 is 0 Å². The zero-order valence-electron chi connectivity index (χ0n) is 15.1. The van der Waals surface area contributed by atoms with E-state index in [1.54, 1.807) is 25.4 Å². The summed E-state index contributed by atoms with van der Waals surface area (Å²) in [4.78, 5) is 23.8. The summed E-state index contributed by atoms with van der Waals surface area (Å²) in [7, 11) is 1.67. The van der Waals surface area contributed by atoms with Gasteiger partial charge in [-0.2, -0.15) is 0 Å². The van der Waals surface area contributed by atoms with E-state index in [2.05, 4.69) is 25.2 Å². The maximum Gasteiger partial charge on any atom is 0.250 e. The van der Waals surface area contributed by atoms with Gasteiger partial charge in [0.1, 0.15) is 12.3 Å². The topological polar surface area (TPSA) is 60.3 Å². The molecule has 0 radical (unpaired) electrons. The number of amides is 1. The Hall–Kier alpha value is -2.56. The van der Waals surface area contributed by atoms with Gasteiger partial charge in [-0.25, -0.2) is 0 Å². The van der Waals surface area contributed by atoms with Crippen molar-refractivity contribution in [3.8, 4) is 5.75 Å². The average Bonchev–Trinajstić information content (AvgIpc) is 2.63. The molecule has 2 rings (SSSR count). The Kier molecular flexibility index (Phi) is 6.39. The monoisotopic (exact) mass is 342 g/mol. The van der Waals surface area contributed by atoms with Crippen molar-refractivity contribution < 1.29 is 9.53 Å². The van der Waals surface area contributed by atoms with Crippen LogP contribution in [-0.2, 0) is 16.8 Å². The zero-order chi connectivity index (χ0) is 18.3. The number of rotatable bonds is 8. The van der Waals surface area contributed by atoms with Crippen LogP contribution >= 0.6 is 0 Å². The minimum atomic E-state index is -0.176. The molecule has 134 valence electrons. The molecular formula is C20H26N2O3. The van der Waals surface area contributed by atoms with E-state index >= 15 is 0 Å². The molecule has 0 saturated heterocycles. The molecule has 0 aliphatic rings. The molecule has 0 aliphatic heterocycles. The number of carbonyl (C=O) groups excluding carboxylic acids is 1. The van der Waals surface area contributed by atoms with Crippen LogP contribution < -0.4 is 15.6 Å². The van der Waals surface area contributed by atoms with Crippen molar-refractivity contribution in [3.05, 3.63) is 64.6 Å². The average molecular weight is 342 g/mol. The van der Waals surface area contributed by atoms with Crippen molar-refractivity contribution in [1.29, 1.82) is 0 Å². The summed E-state index contributed by atoms with van der Waals surface area (Å²) in [6.45, 7) is 4.90. The maximum atomic E-state index is 12.1. The van der Waals surface area contributed by atoms with Crippen molar-refractivity contribution in [2.45, 2.75) is 38.6 Å². The van der Waals surface area contributed by atoms with Crippen LogP contribution in [0.4, 0.5) is 0 Å². The molecule has 0 aliphatic carbocycles. The van der Waals surface area contributed by atoms with E-state index in [0.717, 1.165) is 24.2 Å². The Morgan fingerprint density at radius 2 is 1.92 bits per heavy atom. The molecule has 0 bridgehead atoms. The highest BCUT2D eigenvalue weighted by atomic mass is 16.5. The molecule has 0 spiro atoms. The number of para-hydroxylation sites is 1. The number of methoxy groups -OCH3 is 1. The first-order chi connectivity index (χ1) is 12.0. The molecule has 1 amide bonds. The number of benzene rings is 1. The first-order valence-corrected chi connectivity index (χ1v) is 8.56. The van der Waals surface area contributed by atoms with Gasteiger partial charge in [-0.15, -0.1) is 0 Å². The van der Waals surface area contributed by atoms with Crippen LogP contribution in [0.1, 0.15) is 32.3 Å². The molecular weight excluding hydrogens is 316 g/mol. The third kappa shape index (κ3) is 4.72. The fraction of sp³-hybridized carbons (Fsp3) is 0.400. The zero-order valence-corrected chi connectivity index (χ0v) is 15.1. The Balaban J connectivity index is 1.97. The third-order valence-corrected chi connectivity index (χ3v) is 4.75. The summed E-state index contributed by atoms with van der Waals surface area (Å²) in [5.41, 5.74) is 0.877. The molecule has 0 fully saturated rings. The van der Waals surface area contributed by atoms with Crippen molar-refractivity contribution in [1.82, 2.24) is 9.88 Å². The molecule has 1 N–H and O–H groups in total. The number of aromatic nitrogens is 1. The molecule has 5 nitrogen and oxygen atoms in total. The van der Waals surface area contributed by atoms with Crippen LogP contribution in [0.25, 0.3) is 0 Å². The lowest BCUT2D eigenvalue weighted by atomic mass is 9.77. The maximum absolute atomic E-state index is 12.1. The summed E-state index contributed by atoms with van der Waals surface area (Å²) < 4.78 is 6.88. The van der Waals surface area contributed by atoms with Crippen molar-refractivity contribution in [2.24, 2.45) is 0 Å². The second-order valence-electron chi connectivity index (χ2n) is 6.38. The molecule has 1 aromatic carbocycles. The van der Waals surface area contributed by atoms with Crippen molar-refractivity contribution in [2.75, 3.05) is 13.7 Å². The fourth-order valence-electron chi connectivity index (χ4n) is 2.92. The molecule has 1 heterocycles. The second kappa shape index (κ2) is 8.51. The number of hydrogen-bond acceptors (Lipinski definition) is 3. The standard InChI is InChI=1S/C20H26N2O3/c1-4-20(2,16-9-5-6-10-17(16)25-3)12-13-21-18(23)15-22-14-8-7-11-19(22)24/h5-11,14H,4,12-13,15H2,1-3H3,(H,21,23)/t20-/m1/s1. The predicted octanol–water partition coefficient (Wildman–Crippen LogP) is 2.73. The van der Waals surface area contributed by atoms with Gasteiger partial charge in [0, 0.05) is 24.4 Å². The van der Waals surface area contributed by atoms with E-state index in [-0.39, 0.29) is 23.4 Å². The van der Waals surface area contributed by atoms with Gasteiger partial charge in [-0.1, -0.05) is 38.1 Å². The van der Waals surface area contributed by atoms with E-state index in [0.29, 0.717) is 6.54 Å². The smallest absolute Gasteiger partial charge is 0.250 e. The van der Waals surface area contributed by atoms with Gasteiger partial charge in [0.05, 0.1) is 7.11 Å².